The van der Waals surface area contributed by atoms with E-state index in [1.807, 2.05) is 0 Å². The normalized spacial score (nSPS) is 11.2. The number of nitrogens with two attached hydrogens (primary N) is 1. The maximum absolute atomic E-state index is 5.52. The zero-order valence-corrected chi connectivity index (χ0v) is 9.22. The lowest BCUT2D eigenvalue weighted by Gasteiger charge is -2.02. The minimum atomic E-state index is 0.651. The van der Waals surface area contributed by atoms with E-state index in [1.54, 1.807) is 0 Å². The molecule has 1 rings (SSSR count). The molecule has 72 valence electrons. The van der Waals surface area contributed by atoms with E-state index in [4.69, 9.17) is 5.73 Å². The van der Waals surface area contributed by atoms with Crippen LogP contribution in [0.25, 0.3) is 0 Å². The highest BCUT2D eigenvalue weighted by Crippen LogP contribution is 2.12. The molecule has 1 atom stereocenters. The van der Waals surface area contributed by atoms with Crippen LogP contribution in [-0.2, 0) is 6.54 Å². The Balaban J connectivity index is 2.40. The van der Waals surface area contributed by atoms with Crippen LogP contribution < -0.4 is 11.0 Å². The van der Waals surface area contributed by atoms with Crippen molar-refractivity contribution in [3.05, 3.63) is 29.8 Å². The summed E-state index contributed by atoms with van der Waals surface area (Å²) in [6, 6.07) is 8.68. The Hall–Kier alpha value is -0.390. The van der Waals surface area contributed by atoms with Crippen LogP contribution in [0.15, 0.2) is 24.3 Å². The van der Waals surface area contributed by atoms with Crippen LogP contribution in [0.2, 0.25) is 0 Å². The molecule has 0 aliphatic heterocycles. The van der Waals surface area contributed by atoms with Gasteiger partial charge in [-0.25, -0.2) is 0 Å². The highest BCUT2D eigenvalue weighted by Gasteiger charge is 1.92. The maximum Gasteiger partial charge on any atom is 0.0178 e. The molecular weight excluding hydrogens is 177 g/mol. The van der Waals surface area contributed by atoms with Crippen molar-refractivity contribution in [2.45, 2.75) is 26.3 Å². The molecule has 0 fully saturated rings. The molecule has 0 bridgehead atoms. The van der Waals surface area contributed by atoms with Gasteiger partial charge in [-0.05, 0) is 23.5 Å². The summed E-state index contributed by atoms with van der Waals surface area (Å²) in [6.07, 6.45) is 3.98. The van der Waals surface area contributed by atoms with Gasteiger partial charge in [0.05, 0.1) is 0 Å². The summed E-state index contributed by atoms with van der Waals surface area (Å²) in [5.41, 5.74) is 6.75. The van der Waals surface area contributed by atoms with Gasteiger partial charge in [-0.15, -0.1) is 0 Å². The second-order valence-corrected chi connectivity index (χ2v) is 4.61. The van der Waals surface area contributed by atoms with E-state index in [0.29, 0.717) is 6.54 Å². The molecule has 0 spiro atoms. The topological polar surface area (TPSA) is 26.0 Å². The molecular formula is C11H18NP. The van der Waals surface area contributed by atoms with Gasteiger partial charge >= 0.3 is 0 Å². The Labute approximate surface area is 82.5 Å². The molecule has 0 amide bonds. The molecule has 1 aromatic carbocycles. The van der Waals surface area contributed by atoms with Crippen LogP contribution >= 0.6 is 8.58 Å². The summed E-state index contributed by atoms with van der Waals surface area (Å²) in [5.74, 6) is 0. The summed E-state index contributed by atoms with van der Waals surface area (Å²) in [4.78, 5) is 0. The lowest BCUT2D eigenvalue weighted by Crippen LogP contribution is -2.00. The Morgan fingerprint density at radius 1 is 1.23 bits per heavy atom. The maximum atomic E-state index is 5.52. The average molecular weight is 195 g/mol. The molecule has 1 unspecified atom stereocenters. The molecule has 0 saturated carbocycles. The Morgan fingerprint density at radius 3 is 2.46 bits per heavy atom. The summed E-state index contributed by atoms with van der Waals surface area (Å²) < 4.78 is 0. The lowest BCUT2D eigenvalue weighted by atomic mass is 10.2. The van der Waals surface area contributed by atoms with Gasteiger partial charge in [0.2, 0.25) is 0 Å². The number of hydrogen-bond acceptors (Lipinski definition) is 1. The molecule has 13 heavy (non-hydrogen) atoms. The monoisotopic (exact) mass is 195 g/mol. The highest BCUT2D eigenvalue weighted by atomic mass is 31.1. The van der Waals surface area contributed by atoms with Gasteiger partial charge in [0.25, 0.3) is 0 Å². The van der Waals surface area contributed by atoms with E-state index in [1.165, 1.54) is 29.9 Å². The Bertz CT molecular complexity index is 230. The highest BCUT2D eigenvalue weighted by molar-refractivity contribution is 7.47. The van der Waals surface area contributed by atoms with E-state index in [0.717, 1.165) is 8.58 Å². The van der Waals surface area contributed by atoms with Crippen molar-refractivity contribution in [1.29, 1.82) is 0 Å². The van der Waals surface area contributed by atoms with Crippen molar-refractivity contribution >= 4 is 13.9 Å². The largest absolute Gasteiger partial charge is 0.326 e. The van der Waals surface area contributed by atoms with Crippen LogP contribution in [0.1, 0.15) is 25.3 Å². The summed E-state index contributed by atoms with van der Waals surface area (Å²) >= 11 is 0. The molecule has 0 aromatic heterocycles. The van der Waals surface area contributed by atoms with E-state index in [2.05, 4.69) is 31.2 Å². The van der Waals surface area contributed by atoms with Gasteiger partial charge in [-0.1, -0.05) is 46.2 Å². The fraction of sp³-hybridized carbons (Fsp3) is 0.455. The first-order valence-electron chi connectivity index (χ1n) is 4.89. The Kier molecular flexibility index (Phi) is 5.03. The number of hydrogen-bond donors (Lipinski definition) is 1. The van der Waals surface area contributed by atoms with E-state index in [9.17, 15) is 0 Å². The van der Waals surface area contributed by atoms with Crippen molar-refractivity contribution in [3.63, 3.8) is 0 Å². The third-order valence-corrected chi connectivity index (χ3v) is 3.39. The molecule has 2 N–H and O–H groups in total. The molecule has 0 radical (unpaired) electrons. The van der Waals surface area contributed by atoms with Crippen molar-refractivity contribution < 1.29 is 0 Å². The van der Waals surface area contributed by atoms with Gasteiger partial charge in [-0.3, -0.25) is 0 Å². The van der Waals surface area contributed by atoms with E-state index in [-0.39, 0.29) is 0 Å². The Morgan fingerprint density at radius 2 is 1.92 bits per heavy atom. The molecule has 0 aliphatic rings. The predicted octanol–water partition coefficient (Wildman–Crippen LogP) is 2.25. The van der Waals surface area contributed by atoms with E-state index < -0.39 is 0 Å². The van der Waals surface area contributed by atoms with Gasteiger partial charge in [0.15, 0.2) is 0 Å². The number of benzene rings is 1. The first kappa shape index (κ1) is 10.7. The SMILES string of the molecule is CCCCPc1ccc(CN)cc1. The first-order chi connectivity index (χ1) is 6.36. The molecule has 1 nitrogen and oxygen atoms in total. The van der Waals surface area contributed by atoms with Crippen LogP contribution in [0.3, 0.4) is 0 Å². The van der Waals surface area contributed by atoms with Gasteiger partial charge < -0.3 is 5.73 Å². The number of rotatable bonds is 5. The summed E-state index contributed by atoms with van der Waals surface area (Å²) in [6.45, 7) is 2.89. The van der Waals surface area contributed by atoms with Crippen molar-refractivity contribution in [1.82, 2.24) is 0 Å². The zero-order chi connectivity index (χ0) is 9.52. The minimum Gasteiger partial charge on any atom is -0.326 e. The van der Waals surface area contributed by atoms with Crippen LogP contribution in [-0.4, -0.2) is 6.16 Å². The minimum absolute atomic E-state index is 0.651. The van der Waals surface area contributed by atoms with Crippen LogP contribution in [0.5, 0.6) is 0 Å². The van der Waals surface area contributed by atoms with Gasteiger partial charge in [0, 0.05) is 6.54 Å². The molecule has 0 aliphatic carbocycles. The van der Waals surface area contributed by atoms with E-state index >= 15 is 0 Å². The third kappa shape index (κ3) is 3.89. The summed E-state index contributed by atoms with van der Waals surface area (Å²) in [7, 11) is 0.968. The quantitative estimate of drug-likeness (QED) is 0.566. The fourth-order valence-corrected chi connectivity index (χ4v) is 2.39. The lowest BCUT2D eigenvalue weighted by molar-refractivity contribution is 0.895. The van der Waals surface area contributed by atoms with Crippen LogP contribution in [0, 0.1) is 0 Å². The molecule has 2 heteroatoms. The van der Waals surface area contributed by atoms with Crippen molar-refractivity contribution in [2.24, 2.45) is 5.73 Å². The third-order valence-electron chi connectivity index (χ3n) is 2.05. The molecule has 0 heterocycles. The van der Waals surface area contributed by atoms with Crippen LogP contribution in [0.4, 0.5) is 0 Å². The predicted molar refractivity (Wildman–Crippen MR) is 62.1 cm³/mol. The van der Waals surface area contributed by atoms with Gasteiger partial charge in [-0.2, -0.15) is 0 Å². The second kappa shape index (κ2) is 6.12. The average Bonchev–Trinajstić information content (AvgIpc) is 2.19. The van der Waals surface area contributed by atoms with Crippen molar-refractivity contribution in [3.8, 4) is 0 Å². The van der Waals surface area contributed by atoms with Crippen molar-refractivity contribution in [2.75, 3.05) is 6.16 Å². The molecule has 1 aromatic rings. The second-order valence-electron chi connectivity index (χ2n) is 3.18. The fourth-order valence-electron chi connectivity index (χ4n) is 1.17. The first-order valence-corrected chi connectivity index (χ1v) is 6.10. The number of unbranched alkanes of at least 4 members (excludes halogenated alkanes) is 1. The standard InChI is InChI=1S/C11H18NP/c1-2-3-8-13-11-6-4-10(9-12)5-7-11/h4-7,13H,2-3,8-9,12H2,1H3. The van der Waals surface area contributed by atoms with Gasteiger partial charge in [0.1, 0.15) is 0 Å². The zero-order valence-electron chi connectivity index (χ0n) is 8.22. The molecule has 0 saturated heterocycles. The summed E-state index contributed by atoms with van der Waals surface area (Å²) in [5, 5.41) is 1.46. The smallest absolute Gasteiger partial charge is 0.0178 e.